The van der Waals surface area contributed by atoms with E-state index >= 15 is 0 Å². The predicted molar refractivity (Wildman–Crippen MR) is 107 cm³/mol. The summed E-state index contributed by atoms with van der Waals surface area (Å²) in [5.41, 5.74) is 4.50. The van der Waals surface area contributed by atoms with E-state index in [0.717, 1.165) is 35.2 Å². The maximum atomic E-state index is 12.6. The maximum absolute atomic E-state index is 12.6. The zero-order chi connectivity index (χ0) is 19.1. The van der Waals surface area contributed by atoms with E-state index in [1.807, 2.05) is 30.3 Å². The first kappa shape index (κ1) is 18.5. The number of rotatable bonds is 7. The van der Waals surface area contributed by atoms with Gasteiger partial charge in [-0.25, -0.2) is 0 Å². The van der Waals surface area contributed by atoms with E-state index in [4.69, 9.17) is 0 Å². The first-order valence-corrected chi connectivity index (χ1v) is 9.09. The second-order valence-corrected chi connectivity index (χ2v) is 6.13. The van der Waals surface area contributed by atoms with E-state index in [-0.39, 0.29) is 11.6 Å². The average molecular weight is 361 g/mol. The Morgan fingerprint density at radius 3 is 2.22 bits per heavy atom. The van der Waals surface area contributed by atoms with Crippen LogP contribution in [0.15, 0.2) is 54.9 Å². The average Bonchev–Trinajstić information content (AvgIpc) is 2.73. The molecule has 138 valence electrons. The Labute approximate surface area is 159 Å². The lowest BCUT2D eigenvalue weighted by molar-refractivity contribution is 0.102. The largest absolute Gasteiger partial charge is 0.365 e. The summed E-state index contributed by atoms with van der Waals surface area (Å²) in [7, 11) is 0. The lowest BCUT2D eigenvalue weighted by Gasteiger charge is -2.14. The molecule has 27 heavy (non-hydrogen) atoms. The second kappa shape index (κ2) is 8.89. The molecule has 0 aliphatic heterocycles. The van der Waals surface area contributed by atoms with E-state index < -0.39 is 0 Å². The van der Waals surface area contributed by atoms with Crippen molar-refractivity contribution in [2.45, 2.75) is 33.2 Å². The molecule has 2 aromatic heterocycles. The number of carbonyl (C=O) groups excluding carboxylic acids is 1. The first-order valence-electron chi connectivity index (χ1n) is 9.09. The maximum Gasteiger partial charge on any atom is 0.276 e. The van der Waals surface area contributed by atoms with Crippen molar-refractivity contribution >= 4 is 17.4 Å². The van der Waals surface area contributed by atoms with Crippen molar-refractivity contribution < 1.29 is 4.79 Å². The van der Waals surface area contributed by atoms with E-state index in [0.29, 0.717) is 12.4 Å². The quantitative estimate of drug-likeness (QED) is 0.668. The van der Waals surface area contributed by atoms with Gasteiger partial charge in [0.15, 0.2) is 5.69 Å². The van der Waals surface area contributed by atoms with Crippen LogP contribution in [0.3, 0.4) is 0 Å². The molecule has 0 aliphatic carbocycles. The molecule has 0 saturated carbocycles. The van der Waals surface area contributed by atoms with Crippen LogP contribution in [-0.2, 0) is 19.4 Å². The van der Waals surface area contributed by atoms with Crippen molar-refractivity contribution in [3.8, 4) is 0 Å². The normalized spacial score (nSPS) is 10.4. The van der Waals surface area contributed by atoms with Gasteiger partial charge in [-0.1, -0.05) is 32.0 Å². The summed E-state index contributed by atoms with van der Waals surface area (Å²) in [4.78, 5) is 16.6. The molecule has 6 heteroatoms. The molecule has 0 saturated heterocycles. The molecule has 0 fully saturated rings. The summed E-state index contributed by atoms with van der Waals surface area (Å²) in [6.45, 7) is 4.77. The van der Waals surface area contributed by atoms with Gasteiger partial charge in [0, 0.05) is 24.6 Å². The third kappa shape index (κ3) is 4.67. The van der Waals surface area contributed by atoms with Crippen molar-refractivity contribution in [1.29, 1.82) is 0 Å². The molecule has 1 amide bonds. The molecule has 0 unspecified atom stereocenters. The number of amides is 1. The highest BCUT2D eigenvalue weighted by Gasteiger charge is 2.13. The SMILES string of the molecule is CCc1cccc(CC)c1NC(=O)c1ccc(NCc2ccncc2)nn1. The van der Waals surface area contributed by atoms with Crippen molar-refractivity contribution in [2.75, 3.05) is 10.6 Å². The minimum atomic E-state index is -0.251. The highest BCUT2D eigenvalue weighted by atomic mass is 16.1. The van der Waals surface area contributed by atoms with Crippen molar-refractivity contribution in [3.63, 3.8) is 0 Å². The van der Waals surface area contributed by atoms with Crippen LogP contribution in [0.2, 0.25) is 0 Å². The Morgan fingerprint density at radius 1 is 0.926 bits per heavy atom. The molecule has 0 spiro atoms. The van der Waals surface area contributed by atoms with Gasteiger partial charge in [0.25, 0.3) is 5.91 Å². The summed E-state index contributed by atoms with van der Waals surface area (Å²) in [6, 6.07) is 13.4. The van der Waals surface area contributed by atoms with Gasteiger partial charge in [0.2, 0.25) is 0 Å². The summed E-state index contributed by atoms with van der Waals surface area (Å²) in [5.74, 6) is 0.366. The first-order chi connectivity index (χ1) is 13.2. The van der Waals surface area contributed by atoms with E-state index in [2.05, 4.69) is 39.7 Å². The fourth-order valence-corrected chi connectivity index (χ4v) is 2.82. The van der Waals surface area contributed by atoms with Gasteiger partial charge in [0.05, 0.1) is 0 Å². The van der Waals surface area contributed by atoms with Crippen LogP contribution in [0.1, 0.15) is 41.0 Å². The highest BCUT2D eigenvalue weighted by molar-refractivity contribution is 6.03. The molecular weight excluding hydrogens is 338 g/mol. The summed E-state index contributed by atoms with van der Waals surface area (Å²) in [6.07, 6.45) is 5.20. The molecule has 0 bridgehead atoms. The minimum absolute atomic E-state index is 0.251. The number of nitrogens with zero attached hydrogens (tertiary/aromatic N) is 3. The van der Waals surface area contributed by atoms with E-state index in [1.54, 1.807) is 24.5 Å². The number of anilines is 2. The van der Waals surface area contributed by atoms with Crippen molar-refractivity contribution in [3.05, 3.63) is 77.2 Å². The van der Waals surface area contributed by atoms with Crippen LogP contribution in [0, 0.1) is 0 Å². The molecule has 6 nitrogen and oxygen atoms in total. The summed E-state index contributed by atoms with van der Waals surface area (Å²) >= 11 is 0. The number of nitrogens with one attached hydrogen (secondary N) is 2. The van der Waals surface area contributed by atoms with Crippen LogP contribution in [0.4, 0.5) is 11.5 Å². The minimum Gasteiger partial charge on any atom is -0.365 e. The molecule has 1 aromatic carbocycles. The smallest absolute Gasteiger partial charge is 0.276 e. The Morgan fingerprint density at radius 2 is 1.63 bits per heavy atom. The van der Waals surface area contributed by atoms with Crippen LogP contribution in [-0.4, -0.2) is 21.1 Å². The molecule has 0 aliphatic rings. The summed E-state index contributed by atoms with van der Waals surface area (Å²) in [5, 5.41) is 14.4. The molecule has 2 heterocycles. The third-order valence-corrected chi connectivity index (χ3v) is 4.36. The molecule has 2 N–H and O–H groups in total. The van der Waals surface area contributed by atoms with Gasteiger partial charge in [-0.05, 0) is 53.8 Å². The Bertz CT molecular complexity index is 872. The second-order valence-electron chi connectivity index (χ2n) is 6.13. The number of aromatic nitrogens is 3. The topological polar surface area (TPSA) is 79.8 Å². The van der Waals surface area contributed by atoms with Crippen LogP contribution in [0.5, 0.6) is 0 Å². The van der Waals surface area contributed by atoms with Crippen molar-refractivity contribution in [2.24, 2.45) is 0 Å². The van der Waals surface area contributed by atoms with Gasteiger partial charge in [-0.2, -0.15) is 0 Å². The molecule has 0 radical (unpaired) electrons. The number of benzene rings is 1. The standard InChI is InChI=1S/C21H23N5O/c1-3-16-6-5-7-17(4-2)20(16)24-21(27)18-8-9-19(26-25-18)23-14-15-10-12-22-13-11-15/h5-13H,3-4,14H2,1-2H3,(H,23,26)(H,24,27). The number of hydrogen-bond acceptors (Lipinski definition) is 5. The molecule has 3 aromatic rings. The number of carbonyl (C=O) groups is 1. The molecular formula is C21H23N5O. The Balaban J connectivity index is 1.68. The lowest BCUT2D eigenvalue weighted by Crippen LogP contribution is -2.17. The zero-order valence-corrected chi connectivity index (χ0v) is 15.6. The zero-order valence-electron chi connectivity index (χ0n) is 15.6. The van der Waals surface area contributed by atoms with Crippen LogP contribution >= 0.6 is 0 Å². The fraction of sp³-hybridized carbons (Fsp3) is 0.238. The third-order valence-electron chi connectivity index (χ3n) is 4.36. The highest BCUT2D eigenvalue weighted by Crippen LogP contribution is 2.23. The van der Waals surface area contributed by atoms with Gasteiger partial charge in [-0.15, -0.1) is 10.2 Å². The van der Waals surface area contributed by atoms with Gasteiger partial charge >= 0.3 is 0 Å². The number of pyridine rings is 1. The fourth-order valence-electron chi connectivity index (χ4n) is 2.82. The monoisotopic (exact) mass is 361 g/mol. The number of para-hydroxylation sites is 1. The lowest BCUT2D eigenvalue weighted by atomic mass is 10.0. The van der Waals surface area contributed by atoms with Gasteiger partial charge in [0.1, 0.15) is 5.82 Å². The number of aryl methyl sites for hydroxylation is 2. The Kier molecular flexibility index (Phi) is 6.10. The predicted octanol–water partition coefficient (Wildman–Crippen LogP) is 3.86. The molecule has 3 rings (SSSR count). The van der Waals surface area contributed by atoms with Gasteiger partial charge < -0.3 is 10.6 Å². The van der Waals surface area contributed by atoms with Gasteiger partial charge in [-0.3, -0.25) is 9.78 Å². The summed E-state index contributed by atoms with van der Waals surface area (Å²) < 4.78 is 0. The number of hydrogen-bond donors (Lipinski definition) is 2. The van der Waals surface area contributed by atoms with Crippen molar-refractivity contribution in [1.82, 2.24) is 15.2 Å². The van der Waals surface area contributed by atoms with E-state index in [9.17, 15) is 4.79 Å². The van der Waals surface area contributed by atoms with Crippen LogP contribution in [0.25, 0.3) is 0 Å². The molecule has 0 atom stereocenters. The van der Waals surface area contributed by atoms with Crippen LogP contribution < -0.4 is 10.6 Å². The van der Waals surface area contributed by atoms with E-state index in [1.165, 1.54) is 0 Å². The Hall–Kier alpha value is -3.28.